The number of piperidine rings is 2. The Morgan fingerprint density at radius 1 is 1.37 bits per heavy atom. The first-order chi connectivity index (χ1) is 13.1. The smallest absolute Gasteiger partial charge is 0.315 e. The molecule has 0 spiro atoms. The lowest BCUT2D eigenvalue weighted by molar-refractivity contribution is -0.183. The van der Waals surface area contributed by atoms with E-state index in [9.17, 15) is 4.79 Å². The SMILES string of the molecule is C/C=C1\CN2CCC34c5ccccc5N(C)C35OCC4(C(=O)OC)C1CC25. The van der Waals surface area contributed by atoms with Gasteiger partial charge >= 0.3 is 5.97 Å². The minimum Gasteiger partial charge on any atom is -0.468 e. The van der Waals surface area contributed by atoms with Gasteiger partial charge in [-0.25, -0.2) is 0 Å². The van der Waals surface area contributed by atoms with Crippen LogP contribution in [-0.2, 0) is 19.7 Å². The summed E-state index contributed by atoms with van der Waals surface area (Å²) in [6, 6.07) is 8.92. The van der Waals surface area contributed by atoms with E-state index in [1.54, 1.807) is 0 Å². The molecule has 0 radical (unpaired) electrons. The van der Waals surface area contributed by atoms with Crippen LogP contribution in [0.15, 0.2) is 35.9 Å². The fourth-order valence-electron chi connectivity index (χ4n) is 7.75. The Bertz CT molecular complexity index is 897. The molecule has 4 heterocycles. The van der Waals surface area contributed by atoms with Gasteiger partial charge in [-0.2, -0.15) is 0 Å². The molecular weight excluding hydrogens is 340 g/mol. The number of anilines is 1. The van der Waals surface area contributed by atoms with Crippen molar-refractivity contribution in [2.24, 2.45) is 11.3 Å². The minimum absolute atomic E-state index is 0.0902. The second kappa shape index (κ2) is 4.76. The lowest BCUT2D eigenvalue weighted by Crippen LogP contribution is -2.80. The van der Waals surface area contributed by atoms with Crippen LogP contribution in [-0.4, -0.2) is 56.5 Å². The monoisotopic (exact) mass is 366 g/mol. The summed E-state index contributed by atoms with van der Waals surface area (Å²) < 4.78 is 12.3. The van der Waals surface area contributed by atoms with Crippen molar-refractivity contribution in [1.82, 2.24) is 4.90 Å². The van der Waals surface area contributed by atoms with Crippen molar-refractivity contribution in [2.75, 3.05) is 38.8 Å². The molecule has 142 valence electrons. The van der Waals surface area contributed by atoms with Crippen LogP contribution in [0.4, 0.5) is 5.69 Å². The first-order valence-electron chi connectivity index (χ1n) is 10.0. The number of fused-ring (bicyclic) bond motifs is 3. The number of esters is 1. The van der Waals surface area contributed by atoms with Crippen molar-refractivity contribution >= 4 is 11.7 Å². The van der Waals surface area contributed by atoms with Gasteiger partial charge in [0.05, 0.1) is 25.2 Å². The van der Waals surface area contributed by atoms with E-state index in [0.29, 0.717) is 12.6 Å². The maximum atomic E-state index is 13.6. The number of ether oxygens (including phenoxy) is 2. The number of methoxy groups -OCH3 is 1. The number of nitrogens with zero attached hydrogens (tertiary/aromatic N) is 2. The predicted octanol–water partition coefficient (Wildman–Crippen LogP) is 2.31. The fraction of sp³-hybridized carbons (Fsp3) is 0.591. The summed E-state index contributed by atoms with van der Waals surface area (Å²) in [5, 5.41) is 0. The van der Waals surface area contributed by atoms with Crippen molar-refractivity contribution in [1.29, 1.82) is 0 Å². The van der Waals surface area contributed by atoms with E-state index in [0.717, 1.165) is 25.9 Å². The van der Waals surface area contributed by atoms with Gasteiger partial charge in [-0.1, -0.05) is 29.8 Å². The minimum atomic E-state index is -0.645. The molecule has 4 fully saturated rings. The number of hydrogen-bond acceptors (Lipinski definition) is 5. The van der Waals surface area contributed by atoms with Crippen molar-refractivity contribution in [3.8, 4) is 0 Å². The molecule has 1 aliphatic carbocycles. The zero-order valence-corrected chi connectivity index (χ0v) is 16.2. The third-order valence-corrected chi connectivity index (χ3v) is 8.59. The molecule has 1 saturated carbocycles. The molecule has 27 heavy (non-hydrogen) atoms. The van der Waals surface area contributed by atoms with Gasteiger partial charge in [0.25, 0.3) is 0 Å². The molecule has 5 bridgehead atoms. The van der Waals surface area contributed by atoms with Crippen molar-refractivity contribution in [2.45, 2.75) is 36.9 Å². The Morgan fingerprint density at radius 2 is 2.19 bits per heavy atom. The number of rotatable bonds is 1. The van der Waals surface area contributed by atoms with Crippen molar-refractivity contribution in [3.05, 3.63) is 41.5 Å². The maximum Gasteiger partial charge on any atom is 0.315 e. The highest BCUT2D eigenvalue weighted by Crippen LogP contribution is 2.76. The number of benzene rings is 1. The second-order valence-corrected chi connectivity index (χ2v) is 8.82. The van der Waals surface area contributed by atoms with Crippen LogP contribution < -0.4 is 4.90 Å². The van der Waals surface area contributed by atoms with E-state index in [-0.39, 0.29) is 17.3 Å². The van der Waals surface area contributed by atoms with E-state index in [1.807, 2.05) is 0 Å². The standard InChI is InChI=1S/C22H26N2O3/c1-4-14-12-24-10-9-21-15-7-5-6-8-17(15)23(2)22(21)18(24)11-16(14)20(21,13-27-22)19(25)26-3/h4-8,16,18H,9-13H2,1-3H3/b14-4+. The van der Waals surface area contributed by atoms with Crippen LogP contribution in [0, 0.1) is 11.3 Å². The highest BCUT2D eigenvalue weighted by Gasteiger charge is 2.86. The number of hydrogen-bond donors (Lipinski definition) is 0. The second-order valence-electron chi connectivity index (χ2n) is 8.82. The summed E-state index contributed by atoms with van der Waals surface area (Å²) >= 11 is 0. The lowest BCUT2D eigenvalue weighted by atomic mass is 9.43. The molecule has 5 nitrogen and oxygen atoms in total. The zero-order chi connectivity index (χ0) is 18.6. The summed E-state index contributed by atoms with van der Waals surface area (Å²) in [5.41, 5.74) is 2.40. The van der Waals surface area contributed by atoms with Gasteiger partial charge in [0.2, 0.25) is 0 Å². The topological polar surface area (TPSA) is 42.0 Å². The largest absolute Gasteiger partial charge is 0.468 e. The van der Waals surface area contributed by atoms with E-state index in [2.05, 4.69) is 54.1 Å². The molecule has 3 saturated heterocycles. The summed E-state index contributed by atoms with van der Waals surface area (Å²) in [6.45, 7) is 4.50. The van der Waals surface area contributed by atoms with Crippen LogP contribution in [0.25, 0.3) is 0 Å². The highest BCUT2D eigenvalue weighted by molar-refractivity contribution is 5.86. The van der Waals surface area contributed by atoms with E-state index in [4.69, 9.17) is 9.47 Å². The van der Waals surface area contributed by atoms with Crippen molar-refractivity contribution < 1.29 is 14.3 Å². The van der Waals surface area contributed by atoms with Gasteiger partial charge in [-0.3, -0.25) is 9.69 Å². The molecule has 5 heteroatoms. The normalized spacial score (nSPS) is 45.1. The lowest BCUT2D eigenvalue weighted by Gasteiger charge is -2.66. The molecule has 1 aromatic carbocycles. The number of carbonyl (C=O) groups is 1. The summed E-state index contributed by atoms with van der Waals surface area (Å²) in [5.74, 6) is 0.0966. The predicted molar refractivity (Wildman–Crippen MR) is 101 cm³/mol. The van der Waals surface area contributed by atoms with Gasteiger partial charge < -0.3 is 14.4 Å². The molecule has 5 aliphatic rings. The number of carbonyl (C=O) groups excluding carboxylic acids is 1. The van der Waals surface area contributed by atoms with Gasteiger partial charge in [0, 0.05) is 31.7 Å². The zero-order valence-electron chi connectivity index (χ0n) is 16.2. The summed E-state index contributed by atoms with van der Waals surface area (Å²) in [7, 11) is 3.70. The molecule has 4 aliphatic heterocycles. The van der Waals surface area contributed by atoms with Crippen LogP contribution in [0.1, 0.15) is 25.3 Å². The highest BCUT2D eigenvalue weighted by atomic mass is 16.6. The third-order valence-electron chi connectivity index (χ3n) is 8.59. The summed E-state index contributed by atoms with van der Waals surface area (Å²) in [6.07, 6.45) is 4.13. The van der Waals surface area contributed by atoms with E-state index >= 15 is 0 Å². The Morgan fingerprint density at radius 3 is 2.96 bits per heavy atom. The van der Waals surface area contributed by atoms with E-state index in [1.165, 1.54) is 23.9 Å². The van der Waals surface area contributed by atoms with Gasteiger partial charge in [-0.05, 0) is 31.4 Å². The summed E-state index contributed by atoms with van der Waals surface area (Å²) in [4.78, 5) is 18.5. The quantitative estimate of drug-likeness (QED) is 0.564. The molecule has 0 aromatic heterocycles. The molecule has 1 aromatic rings. The molecule has 5 unspecified atom stereocenters. The third kappa shape index (κ3) is 1.34. The maximum absolute atomic E-state index is 13.6. The molecule has 0 amide bonds. The Kier molecular flexibility index (Phi) is 2.84. The molecule has 6 rings (SSSR count). The Balaban J connectivity index is 1.75. The molecular formula is C22H26N2O3. The first kappa shape index (κ1) is 16.1. The van der Waals surface area contributed by atoms with E-state index < -0.39 is 11.1 Å². The fourth-order valence-corrected chi connectivity index (χ4v) is 7.75. The molecule has 5 atom stereocenters. The number of para-hydroxylation sites is 1. The van der Waals surface area contributed by atoms with Crippen LogP contribution >= 0.6 is 0 Å². The number of likely N-dealkylation sites (N-methyl/N-ethyl adjacent to an activating group) is 1. The first-order valence-corrected chi connectivity index (χ1v) is 10.0. The van der Waals surface area contributed by atoms with Crippen LogP contribution in [0.3, 0.4) is 0 Å². The van der Waals surface area contributed by atoms with Crippen LogP contribution in [0.5, 0.6) is 0 Å². The van der Waals surface area contributed by atoms with Crippen LogP contribution in [0.2, 0.25) is 0 Å². The molecule has 0 N–H and O–H groups in total. The Labute approximate surface area is 159 Å². The van der Waals surface area contributed by atoms with Crippen molar-refractivity contribution in [3.63, 3.8) is 0 Å². The average Bonchev–Trinajstić information content (AvgIpc) is 3.09. The van der Waals surface area contributed by atoms with Gasteiger partial charge in [0.15, 0.2) is 5.72 Å². The van der Waals surface area contributed by atoms with Gasteiger partial charge in [-0.15, -0.1) is 0 Å². The Hall–Kier alpha value is -1.85. The van der Waals surface area contributed by atoms with Gasteiger partial charge in [0.1, 0.15) is 5.41 Å². The average molecular weight is 366 g/mol. The number of allylic oxidation sites excluding steroid dienone is 1.